The zero-order valence-corrected chi connectivity index (χ0v) is 12.4. The SMILES string of the molecule is Cc1cc(C)nc(NC(=O)Nc2ccc3c(c2)CCC3)c1. The van der Waals surface area contributed by atoms with Crippen molar-refractivity contribution in [3.63, 3.8) is 0 Å². The minimum absolute atomic E-state index is 0.259. The van der Waals surface area contributed by atoms with Crippen LogP contribution in [0.15, 0.2) is 30.3 Å². The number of aromatic nitrogens is 1. The van der Waals surface area contributed by atoms with E-state index in [1.807, 2.05) is 32.0 Å². The Hall–Kier alpha value is -2.36. The van der Waals surface area contributed by atoms with E-state index >= 15 is 0 Å². The minimum atomic E-state index is -0.259. The lowest BCUT2D eigenvalue weighted by Gasteiger charge is -2.09. The maximum Gasteiger partial charge on any atom is 0.324 e. The molecule has 4 heteroatoms. The summed E-state index contributed by atoms with van der Waals surface area (Å²) in [4.78, 5) is 16.3. The normalized spacial score (nSPS) is 12.9. The monoisotopic (exact) mass is 281 g/mol. The second-order valence-electron chi connectivity index (χ2n) is 5.59. The molecule has 1 aromatic heterocycles. The summed E-state index contributed by atoms with van der Waals surface area (Å²) >= 11 is 0. The third-order valence-corrected chi connectivity index (χ3v) is 3.70. The van der Waals surface area contributed by atoms with Gasteiger partial charge in [-0.3, -0.25) is 5.32 Å². The first-order valence-corrected chi connectivity index (χ1v) is 7.25. The van der Waals surface area contributed by atoms with Crippen LogP contribution in [0.4, 0.5) is 16.3 Å². The maximum absolute atomic E-state index is 12.0. The number of urea groups is 1. The van der Waals surface area contributed by atoms with Gasteiger partial charge in [0.25, 0.3) is 0 Å². The van der Waals surface area contributed by atoms with Crippen LogP contribution in [0.3, 0.4) is 0 Å². The van der Waals surface area contributed by atoms with Crippen LogP contribution in [-0.2, 0) is 12.8 Å². The number of aryl methyl sites for hydroxylation is 4. The predicted molar refractivity (Wildman–Crippen MR) is 84.8 cm³/mol. The van der Waals surface area contributed by atoms with Crippen molar-refractivity contribution in [2.75, 3.05) is 10.6 Å². The van der Waals surface area contributed by atoms with E-state index in [0.717, 1.165) is 29.8 Å². The Labute approximate surface area is 124 Å². The number of benzene rings is 1. The second-order valence-corrected chi connectivity index (χ2v) is 5.59. The van der Waals surface area contributed by atoms with Gasteiger partial charge in [-0.2, -0.15) is 0 Å². The van der Waals surface area contributed by atoms with Crippen molar-refractivity contribution in [3.05, 3.63) is 52.7 Å². The second kappa shape index (κ2) is 5.56. The highest BCUT2D eigenvalue weighted by molar-refractivity contribution is 5.99. The quantitative estimate of drug-likeness (QED) is 0.879. The molecule has 108 valence electrons. The van der Waals surface area contributed by atoms with Gasteiger partial charge in [-0.05, 0) is 74.1 Å². The van der Waals surface area contributed by atoms with E-state index in [4.69, 9.17) is 0 Å². The number of carbonyl (C=O) groups excluding carboxylic acids is 1. The highest BCUT2D eigenvalue weighted by Crippen LogP contribution is 2.24. The molecule has 1 aliphatic rings. The van der Waals surface area contributed by atoms with Gasteiger partial charge in [0.15, 0.2) is 0 Å². The largest absolute Gasteiger partial charge is 0.324 e. The number of hydrogen-bond donors (Lipinski definition) is 2. The molecule has 1 aromatic carbocycles. The Morgan fingerprint density at radius 3 is 2.67 bits per heavy atom. The summed E-state index contributed by atoms with van der Waals surface area (Å²) in [6.45, 7) is 3.90. The average molecular weight is 281 g/mol. The fourth-order valence-corrected chi connectivity index (χ4v) is 2.83. The molecule has 2 N–H and O–H groups in total. The maximum atomic E-state index is 12.0. The third-order valence-electron chi connectivity index (χ3n) is 3.70. The van der Waals surface area contributed by atoms with Crippen molar-refractivity contribution in [2.24, 2.45) is 0 Å². The summed E-state index contributed by atoms with van der Waals surface area (Å²) in [5, 5.41) is 5.65. The lowest BCUT2D eigenvalue weighted by Crippen LogP contribution is -2.20. The van der Waals surface area contributed by atoms with Crippen LogP contribution < -0.4 is 10.6 Å². The van der Waals surface area contributed by atoms with Crippen LogP contribution in [0, 0.1) is 13.8 Å². The molecular formula is C17H19N3O. The van der Waals surface area contributed by atoms with E-state index in [0.29, 0.717) is 5.82 Å². The standard InChI is InChI=1S/C17H19N3O/c1-11-8-12(2)18-16(9-11)20-17(21)19-15-7-6-13-4-3-5-14(13)10-15/h6-10H,3-5H2,1-2H3,(H2,18,19,20,21). The molecule has 4 nitrogen and oxygen atoms in total. The molecule has 0 fully saturated rings. The Kier molecular flexibility index (Phi) is 3.60. The van der Waals surface area contributed by atoms with Gasteiger partial charge < -0.3 is 5.32 Å². The van der Waals surface area contributed by atoms with Crippen molar-refractivity contribution in [3.8, 4) is 0 Å². The van der Waals surface area contributed by atoms with Gasteiger partial charge in [0, 0.05) is 11.4 Å². The zero-order chi connectivity index (χ0) is 14.8. The summed E-state index contributed by atoms with van der Waals surface area (Å²) < 4.78 is 0. The number of fused-ring (bicyclic) bond motifs is 1. The van der Waals surface area contributed by atoms with Crippen LogP contribution in [0.2, 0.25) is 0 Å². The summed E-state index contributed by atoms with van der Waals surface area (Å²) in [6, 6.07) is 9.70. The molecule has 21 heavy (non-hydrogen) atoms. The van der Waals surface area contributed by atoms with Crippen LogP contribution >= 0.6 is 0 Å². The van der Waals surface area contributed by atoms with Crippen molar-refractivity contribution in [1.29, 1.82) is 0 Å². The van der Waals surface area contributed by atoms with Crippen molar-refractivity contribution in [1.82, 2.24) is 4.98 Å². The number of pyridine rings is 1. The Morgan fingerprint density at radius 2 is 1.86 bits per heavy atom. The highest BCUT2D eigenvalue weighted by Gasteiger charge is 2.12. The number of rotatable bonds is 2. The Balaban J connectivity index is 1.69. The number of nitrogens with one attached hydrogen (secondary N) is 2. The molecule has 3 rings (SSSR count). The van der Waals surface area contributed by atoms with Gasteiger partial charge in [0.2, 0.25) is 0 Å². The predicted octanol–water partition coefficient (Wildman–Crippen LogP) is 3.83. The summed E-state index contributed by atoms with van der Waals surface area (Å²) in [7, 11) is 0. The van der Waals surface area contributed by atoms with Gasteiger partial charge in [-0.15, -0.1) is 0 Å². The van der Waals surface area contributed by atoms with Crippen molar-refractivity contribution in [2.45, 2.75) is 33.1 Å². The van der Waals surface area contributed by atoms with Crippen molar-refractivity contribution < 1.29 is 4.79 Å². The van der Waals surface area contributed by atoms with Gasteiger partial charge in [0.05, 0.1) is 0 Å². The highest BCUT2D eigenvalue weighted by atomic mass is 16.2. The van der Waals surface area contributed by atoms with Crippen LogP contribution in [0.1, 0.15) is 28.8 Å². The molecule has 0 aliphatic heterocycles. The number of carbonyl (C=O) groups is 1. The molecule has 0 bridgehead atoms. The van der Waals surface area contributed by atoms with Crippen molar-refractivity contribution >= 4 is 17.5 Å². The molecule has 0 saturated carbocycles. The lowest BCUT2D eigenvalue weighted by molar-refractivity contribution is 0.262. The van der Waals surface area contributed by atoms with Gasteiger partial charge >= 0.3 is 6.03 Å². The first kappa shape index (κ1) is 13.6. The molecule has 2 aromatic rings. The van der Waals surface area contributed by atoms with E-state index in [2.05, 4.69) is 27.8 Å². The molecule has 1 aliphatic carbocycles. The topological polar surface area (TPSA) is 54.0 Å². The third kappa shape index (κ3) is 3.21. The molecule has 0 unspecified atom stereocenters. The van der Waals surface area contributed by atoms with Gasteiger partial charge in [-0.25, -0.2) is 9.78 Å². The van der Waals surface area contributed by atoms with E-state index in [-0.39, 0.29) is 6.03 Å². The van der Waals surface area contributed by atoms with Crippen LogP contribution in [0.5, 0.6) is 0 Å². The average Bonchev–Trinajstić information content (AvgIpc) is 2.84. The lowest BCUT2D eigenvalue weighted by atomic mass is 10.1. The Bertz CT molecular complexity index is 674. The summed E-state index contributed by atoms with van der Waals surface area (Å²) in [5.74, 6) is 0.575. The molecular weight excluding hydrogens is 262 g/mol. The molecule has 2 amide bonds. The molecule has 1 heterocycles. The minimum Gasteiger partial charge on any atom is -0.308 e. The number of nitrogens with zero attached hydrogens (tertiary/aromatic N) is 1. The van der Waals surface area contributed by atoms with Crippen LogP contribution in [-0.4, -0.2) is 11.0 Å². The number of hydrogen-bond acceptors (Lipinski definition) is 2. The van der Waals surface area contributed by atoms with Gasteiger partial charge in [0.1, 0.15) is 5.82 Å². The molecule has 0 radical (unpaired) electrons. The number of anilines is 2. The molecule has 0 atom stereocenters. The van der Waals surface area contributed by atoms with Crippen LogP contribution in [0.25, 0.3) is 0 Å². The van der Waals surface area contributed by atoms with E-state index in [9.17, 15) is 4.79 Å². The summed E-state index contributed by atoms with van der Waals surface area (Å²) in [6.07, 6.45) is 3.46. The van der Waals surface area contributed by atoms with E-state index in [1.54, 1.807) is 0 Å². The smallest absolute Gasteiger partial charge is 0.308 e. The van der Waals surface area contributed by atoms with E-state index in [1.165, 1.54) is 17.5 Å². The zero-order valence-electron chi connectivity index (χ0n) is 12.4. The first-order chi connectivity index (χ1) is 10.1. The van der Waals surface area contributed by atoms with Gasteiger partial charge in [-0.1, -0.05) is 6.07 Å². The molecule has 0 saturated heterocycles. The van der Waals surface area contributed by atoms with E-state index < -0.39 is 0 Å². The first-order valence-electron chi connectivity index (χ1n) is 7.25. The number of amides is 2. The molecule has 0 spiro atoms. The fraction of sp³-hybridized carbons (Fsp3) is 0.294. The Morgan fingerprint density at radius 1 is 1.05 bits per heavy atom. The fourth-order valence-electron chi connectivity index (χ4n) is 2.83. The summed E-state index contributed by atoms with van der Waals surface area (Å²) in [5.41, 5.74) is 5.55.